The summed E-state index contributed by atoms with van der Waals surface area (Å²) in [7, 11) is 1.74. The zero-order valence-corrected chi connectivity index (χ0v) is 10.9. The first-order valence-corrected chi connectivity index (χ1v) is 6.22. The van der Waals surface area contributed by atoms with E-state index in [4.69, 9.17) is 4.74 Å². The Morgan fingerprint density at radius 2 is 2.47 bits per heavy atom. The summed E-state index contributed by atoms with van der Waals surface area (Å²) in [6.07, 6.45) is 3.90. The minimum absolute atomic E-state index is 0.322. The summed E-state index contributed by atoms with van der Waals surface area (Å²) in [6, 6.07) is 0.842. The summed E-state index contributed by atoms with van der Waals surface area (Å²) < 4.78 is 7.41. The minimum atomic E-state index is 0.322. The van der Waals surface area contributed by atoms with Gasteiger partial charge in [0.15, 0.2) is 0 Å². The summed E-state index contributed by atoms with van der Waals surface area (Å²) in [5, 5.41) is 3.44. The molecule has 17 heavy (non-hydrogen) atoms. The molecule has 0 aromatic carbocycles. The van der Waals surface area contributed by atoms with Gasteiger partial charge in [0.05, 0.1) is 12.6 Å². The van der Waals surface area contributed by atoms with Crippen LogP contribution >= 0.6 is 0 Å². The highest BCUT2D eigenvalue weighted by molar-refractivity contribution is 5.33. The molecule has 1 fully saturated rings. The van der Waals surface area contributed by atoms with Gasteiger partial charge in [0.1, 0.15) is 0 Å². The molecule has 0 spiro atoms. The van der Waals surface area contributed by atoms with Gasteiger partial charge in [-0.2, -0.15) is 0 Å². The van der Waals surface area contributed by atoms with Crippen LogP contribution in [0.25, 0.3) is 0 Å². The summed E-state index contributed by atoms with van der Waals surface area (Å²) in [4.78, 5) is 6.82. The number of aromatic nitrogens is 2. The van der Waals surface area contributed by atoms with Crippen LogP contribution in [0, 0.1) is 0 Å². The number of piperazine rings is 1. The van der Waals surface area contributed by atoms with Gasteiger partial charge in [0.2, 0.25) is 5.95 Å². The number of rotatable bonds is 4. The van der Waals surface area contributed by atoms with Crippen molar-refractivity contribution in [2.75, 3.05) is 38.3 Å². The molecule has 0 bridgehead atoms. The molecule has 2 rings (SSSR count). The van der Waals surface area contributed by atoms with Crippen LogP contribution in [0.15, 0.2) is 12.4 Å². The molecule has 0 amide bonds. The number of ether oxygens (including phenoxy) is 1. The lowest BCUT2D eigenvalue weighted by Gasteiger charge is -2.33. The lowest BCUT2D eigenvalue weighted by Crippen LogP contribution is -2.50. The Bertz CT molecular complexity index is 352. The van der Waals surface area contributed by atoms with E-state index in [0.29, 0.717) is 18.7 Å². The van der Waals surface area contributed by atoms with Gasteiger partial charge in [-0.25, -0.2) is 4.98 Å². The molecular weight excluding hydrogens is 216 g/mol. The predicted octanol–water partition coefficient (Wildman–Crippen LogP) is 0.889. The molecule has 5 heteroatoms. The van der Waals surface area contributed by atoms with Gasteiger partial charge in [-0.15, -0.1) is 0 Å². The van der Waals surface area contributed by atoms with Crippen molar-refractivity contribution in [1.82, 2.24) is 14.9 Å². The molecule has 0 aliphatic carbocycles. The molecule has 2 heterocycles. The zero-order valence-electron chi connectivity index (χ0n) is 10.9. The molecule has 5 nitrogen and oxygen atoms in total. The van der Waals surface area contributed by atoms with E-state index in [0.717, 1.165) is 25.6 Å². The number of nitrogens with one attached hydrogen (secondary N) is 1. The maximum absolute atomic E-state index is 5.21. The summed E-state index contributed by atoms with van der Waals surface area (Å²) in [5.74, 6) is 1.06. The van der Waals surface area contributed by atoms with Crippen molar-refractivity contribution in [3.63, 3.8) is 0 Å². The topological polar surface area (TPSA) is 42.3 Å². The monoisotopic (exact) mass is 238 g/mol. The second-order valence-corrected chi connectivity index (χ2v) is 4.74. The molecule has 96 valence electrons. The number of hydrogen-bond donors (Lipinski definition) is 1. The van der Waals surface area contributed by atoms with Crippen molar-refractivity contribution in [2.24, 2.45) is 0 Å². The molecule has 1 saturated heterocycles. The Kier molecular flexibility index (Phi) is 4.02. The first-order valence-electron chi connectivity index (χ1n) is 6.22. The highest BCUT2D eigenvalue weighted by Gasteiger charge is 2.21. The van der Waals surface area contributed by atoms with Gasteiger partial charge in [-0.1, -0.05) is 0 Å². The molecule has 1 aliphatic rings. The fraction of sp³-hybridized carbons (Fsp3) is 0.750. The van der Waals surface area contributed by atoms with E-state index in [9.17, 15) is 0 Å². The van der Waals surface area contributed by atoms with Crippen LogP contribution in [-0.2, 0) is 4.74 Å². The van der Waals surface area contributed by atoms with Crippen molar-refractivity contribution in [2.45, 2.75) is 25.9 Å². The molecule has 0 radical (unpaired) electrons. The minimum Gasteiger partial charge on any atom is -0.383 e. The largest absolute Gasteiger partial charge is 0.383 e. The van der Waals surface area contributed by atoms with E-state index >= 15 is 0 Å². The van der Waals surface area contributed by atoms with Gasteiger partial charge in [0.25, 0.3) is 0 Å². The Morgan fingerprint density at radius 3 is 3.18 bits per heavy atom. The van der Waals surface area contributed by atoms with Gasteiger partial charge < -0.3 is 19.5 Å². The second-order valence-electron chi connectivity index (χ2n) is 4.74. The van der Waals surface area contributed by atoms with E-state index in [2.05, 4.69) is 33.6 Å². The van der Waals surface area contributed by atoms with Crippen LogP contribution in [0.4, 0.5) is 5.95 Å². The molecule has 1 aliphatic heterocycles. The molecular formula is C12H22N4O. The molecule has 2 unspecified atom stereocenters. The van der Waals surface area contributed by atoms with Gasteiger partial charge in [0, 0.05) is 45.2 Å². The Labute approximate surface area is 103 Å². The number of anilines is 1. The lowest BCUT2D eigenvalue weighted by atomic mass is 10.2. The van der Waals surface area contributed by atoms with E-state index in [1.54, 1.807) is 7.11 Å². The third-order valence-corrected chi connectivity index (χ3v) is 3.18. The Balaban J connectivity index is 2.12. The average Bonchev–Trinajstić information content (AvgIpc) is 2.78. The van der Waals surface area contributed by atoms with Gasteiger partial charge >= 0.3 is 0 Å². The number of imidazole rings is 1. The summed E-state index contributed by atoms with van der Waals surface area (Å²) in [5.41, 5.74) is 0. The number of hydrogen-bond acceptors (Lipinski definition) is 4. The van der Waals surface area contributed by atoms with Crippen LogP contribution < -0.4 is 10.2 Å². The van der Waals surface area contributed by atoms with E-state index in [-0.39, 0.29) is 0 Å². The fourth-order valence-electron chi connectivity index (χ4n) is 2.33. The maximum Gasteiger partial charge on any atom is 0.205 e. The normalized spacial score (nSPS) is 22.8. The highest BCUT2D eigenvalue weighted by atomic mass is 16.5. The van der Waals surface area contributed by atoms with Crippen molar-refractivity contribution in [1.29, 1.82) is 0 Å². The summed E-state index contributed by atoms with van der Waals surface area (Å²) in [6.45, 7) is 8.12. The Morgan fingerprint density at radius 1 is 1.65 bits per heavy atom. The standard InChI is InChI=1S/C12H22N4O/c1-10-8-15(6-4-13-10)12-14-5-7-16(12)11(2)9-17-3/h5,7,10-11,13H,4,6,8-9H2,1-3H3. The third-order valence-electron chi connectivity index (χ3n) is 3.18. The van der Waals surface area contributed by atoms with Crippen molar-refractivity contribution >= 4 is 5.95 Å². The molecule has 1 aromatic rings. The SMILES string of the molecule is COCC(C)n1ccnc1N1CCNC(C)C1. The van der Waals surface area contributed by atoms with Crippen LogP contribution in [0.3, 0.4) is 0 Å². The Hall–Kier alpha value is -1.07. The van der Waals surface area contributed by atoms with Gasteiger partial charge in [-0.3, -0.25) is 0 Å². The van der Waals surface area contributed by atoms with Crippen LogP contribution in [0.2, 0.25) is 0 Å². The average molecular weight is 238 g/mol. The first-order chi connectivity index (χ1) is 8.22. The van der Waals surface area contributed by atoms with Crippen molar-refractivity contribution < 1.29 is 4.74 Å². The molecule has 2 atom stereocenters. The number of nitrogens with zero attached hydrogens (tertiary/aromatic N) is 3. The predicted molar refractivity (Wildman–Crippen MR) is 68.5 cm³/mol. The zero-order chi connectivity index (χ0) is 12.3. The summed E-state index contributed by atoms with van der Waals surface area (Å²) >= 11 is 0. The quantitative estimate of drug-likeness (QED) is 0.846. The van der Waals surface area contributed by atoms with Crippen molar-refractivity contribution in [3.05, 3.63) is 12.4 Å². The van der Waals surface area contributed by atoms with Crippen LogP contribution in [-0.4, -0.2) is 48.9 Å². The highest BCUT2D eigenvalue weighted by Crippen LogP contribution is 2.19. The lowest BCUT2D eigenvalue weighted by molar-refractivity contribution is 0.162. The fourth-order valence-corrected chi connectivity index (χ4v) is 2.33. The van der Waals surface area contributed by atoms with Crippen molar-refractivity contribution in [3.8, 4) is 0 Å². The second kappa shape index (κ2) is 5.51. The van der Waals surface area contributed by atoms with Crippen LogP contribution in [0.5, 0.6) is 0 Å². The molecule has 0 saturated carbocycles. The smallest absolute Gasteiger partial charge is 0.205 e. The van der Waals surface area contributed by atoms with Crippen LogP contribution in [0.1, 0.15) is 19.9 Å². The maximum atomic E-state index is 5.21. The number of methoxy groups -OCH3 is 1. The molecule has 1 N–H and O–H groups in total. The van der Waals surface area contributed by atoms with E-state index < -0.39 is 0 Å². The van der Waals surface area contributed by atoms with E-state index in [1.165, 1.54) is 0 Å². The third kappa shape index (κ3) is 2.79. The molecule has 1 aromatic heterocycles. The first kappa shape index (κ1) is 12.4. The van der Waals surface area contributed by atoms with Gasteiger partial charge in [-0.05, 0) is 13.8 Å². The van der Waals surface area contributed by atoms with E-state index in [1.807, 2.05) is 12.4 Å².